The Balaban J connectivity index is 2.02. The van der Waals surface area contributed by atoms with Crippen LogP contribution in [0.15, 0.2) is 78.9 Å². The lowest BCUT2D eigenvalue weighted by Gasteiger charge is -2.33. The number of hydrogen-bond donors (Lipinski definition) is 1. The maximum atomic E-state index is 14.1. The minimum absolute atomic E-state index is 0.0878. The topological polar surface area (TPSA) is 86.8 Å². The summed E-state index contributed by atoms with van der Waals surface area (Å²) in [6, 6.07) is 22.8. The van der Waals surface area contributed by atoms with Crippen molar-refractivity contribution in [3.63, 3.8) is 0 Å². The van der Waals surface area contributed by atoms with Gasteiger partial charge in [-0.05, 0) is 53.8 Å². The minimum Gasteiger partial charge on any atom is -0.354 e. The molecule has 9 heteroatoms. The summed E-state index contributed by atoms with van der Waals surface area (Å²) < 4.78 is 26.8. The van der Waals surface area contributed by atoms with Crippen molar-refractivity contribution in [2.45, 2.75) is 52.1 Å². The van der Waals surface area contributed by atoms with Gasteiger partial charge in [0.2, 0.25) is 21.8 Å². The van der Waals surface area contributed by atoms with Crippen LogP contribution in [0.1, 0.15) is 43.4 Å². The summed E-state index contributed by atoms with van der Waals surface area (Å²) in [4.78, 5) is 29.1. The number of nitrogens with zero attached hydrogens (tertiary/aromatic N) is 2. The standard InChI is InChI=1S/C31H38ClN3O4S/c1-4-6-19-33-31(37)29(21-25-11-8-7-9-12-25)34(22-26-13-10-14-27(32)20-26)30(36)23-35(40(3,38)39)28-17-15-24(5-2)16-18-28/h7-18,20,29H,4-6,19,21-23H2,1-3H3,(H,33,37). The molecule has 0 aliphatic heterocycles. The van der Waals surface area contributed by atoms with Gasteiger partial charge in [-0.25, -0.2) is 8.42 Å². The van der Waals surface area contributed by atoms with E-state index in [1.165, 1.54) is 4.90 Å². The molecule has 0 aliphatic rings. The quantitative estimate of drug-likeness (QED) is 0.263. The Morgan fingerprint density at radius 2 is 1.57 bits per heavy atom. The lowest BCUT2D eigenvalue weighted by Crippen LogP contribution is -2.53. The molecular weight excluding hydrogens is 546 g/mol. The summed E-state index contributed by atoms with van der Waals surface area (Å²) in [7, 11) is -3.80. The number of nitrogens with one attached hydrogen (secondary N) is 1. The van der Waals surface area contributed by atoms with Crippen LogP contribution in [-0.4, -0.2) is 50.5 Å². The molecule has 0 saturated carbocycles. The molecule has 0 radical (unpaired) electrons. The predicted octanol–water partition coefficient (Wildman–Crippen LogP) is 5.22. The van der Waals surface area contributed by atoms with Crippen molar-refractivity contribution < 1.29 is 18.0 Å². The van der Waals surface area contributed by atoms with Crippen molar-refractivity contribution in [2.24, 2.45) is 0 Å². The maximum Gasteiger partial charge on any atom is 0.244 e. The van der Waals surface area contributed by atoms with E-state index in [-0.39, 0.29) is 18.9 Å². The lowest BCUT2D eigenvalue weighted by atomic mass is 10.0. The van der Waals surface area contributed by atoms with Gasteiger partial charge in [-0.15, -0.1) is 0 Å². The smallest absolute Gasteiger partial charge is 0.244 e. The largest absolute Gasteiger partial charge is 0.354 e. The van der Waals surface area contributed by atoms with Crippen LogP contribution in [0.5, 0.6) is 0 Å². The van der Waals surface area contributed by atoms with Crippen molar-refractivity contribution in [2.75, 3.05) is 23.7 Å². The number of amides is 2. The van der Waals surface area contributed by atoms with E-state index in [4.69, 9.17) is 11.6 Å². The molecule has 0 spiro atoms. The molecule has 0 aliphatic carbocycles. The Kier molecular flexibility index (Phi) is 11.6. The van der Waals surface area contributed by atoms with Gasteiger partial charge < -0.3 is 10.2 Å². The number of halogens is 1. The third-order valence-electron chi connectivity index (χ3n) is 6.65. The Labute approximate surface area is 243 Å². The van der Waals surface area contributed by atoms with E-state index in [0.29, 0.717) is 17.3 Å². The van der Waals surface area contributed by atoms with Gasteiger partial charge in [0, 0.05) is 24.5 Å². The third-order valence-corrected chi connectivity index (χ3v) is 8.03. The minimum atomic E-state index is -3.80. The van der Waals surface area contributed by atoms with E-state index >= 15 is 0 Å². The van der Waals surface area contributed by atoms with Crippen LogP contribution in [0.2, 0.25) is 5.02 Å². The fourth-order valence-corrected chi connectivity index (χ4v) is 5.47. The second kappa shape index (κ2) is 14.9. The molecule has 3 aromatic rings. The lowest BCUT2D eigenvalue weighted by molar-refractivity contribution is -0.140. The van der Waals surface area contributed by atoms with Gasteiger partial charge in [-0.2, -0.15) is 0 Å². The third kappa shape index (κ3) is 9.10. The molecule has 0 aromatic heterocycles. The van der Waals surface area contributed by atoms with Gasteiger partial charge in [0.15, 0.2) is 0 Å². The molecule has 1 atom stereocenters. The van der Waals surface area contributed by atoms with Crippen LogP contribution >= 0.6 is 11.6 Å². The molecule has 0 bridgehead atoms. The highest BCUT2D eigenvalue weighted by molar-refractivity contribution is 7.92. The monoisotopic (exact) mass is 583 g/mol. The molecule has 0 fully saturated rings. The van der Waals surface area contributed by atoms with E-state index in [0.717, 1.165) is 46.5 Å². The molecule has 3 rings (SSSR count). The van der Waals surface area contributed by atoms with E-state index < -0.39 is 28.5 Å². The molecule has 214 valence electrons. The molecule has 40 heavy (non-hydrogen) atoms. The molecule has 0 saturated heterocycles. The zero-order valence-corrected chi connectivity index (χ0v) is 24.9. The first-order chi connectivity index (χ1) is 19.1. The Morgan fingerprint density at radius 3 is 2.17 bits per heavy atom. The highest BCUT2D eigenvalue weighted by Crippen LogP contribution is 2.22. The van der Waals surface area contributed by atoms with Gasteiger partial charge in [0.25, 0.3) is 0 Å². The van der Waals surface area contributed by atoms with E-state index in [2.05, 4.69) is 5.32 Å². The van der Waals surface area contributed by atoms with Gasteiger partial charge in [0.05, 0.1) is 11.9 Å². The van der Waals surface area contributed by atoms with Crippen molar-refractivity contribution >= 4 is 39.1 Å². The molecule has 1 N–H and O–H groups in total. The van der Waals surface area contributed by atoms with Crippen LogP contribution in [0.3, 0.4) is 0 Å². The highest BCUT2D eigenvalue weighted by atomic mass is 35.5. The van der Waals surface area contributed by atoms with Crippen molar-refractivity contribution in [1.82, 2.24) is 10.2 Å². The Hall–Kier alpha value is -3.36. The number of aryl methyl sites for hydroxylation is 1. The number of sulfonamides is 1. The van der Waals surface area contributed by atoms with Gasteiger partial charge >= 0.3 is 0 Å². The van der Waals surface area contributed by atoms with Gasteiger partial charge in [-0.3, -0.25) is 13.9 Å². The van der Waals surface area contributed by atoms with Crippen LogP contribution in [-0.2, 0) is 39.0 Å². The number of benzene rings is 3. The van der Waals surface area contributed by atoms with Gasteiger partial charge in [-0.1, -0.05) is 86.5 Å². The SMILES string of the molecule is CCCCNC(=O)C(Cc1ccccc1)N(Cc1cccc(Cl)c1)C(=O)CN(c1ccc(CC)cc1)S(C)(=O)=O. The summed E-state index contributed by atoms with van der Waals surface area (Å²) in [5.74, 6) is -0.776. The number of carbonyl (C=O) groups is 2. The van der Waals surface area contributed by atoms with E-state index in [1.54, 1.807) is 30.3 Å². The maximum absolute atomic E-state index is 14.1. The van der Waals surface area contributed by atoms with Crippen LogP contribution in [0, 0.1) is 0 Å². The molecular formula is C31H38ClN3O4S. The summed E-state index contributed by atoms with van der Waals surface area (Å²) in [6.07, 6.45) is 3.87. The average molecular weight is 584 g/mol. The fraction of sp³-hybridized carbons (Fsp3) is 0.355. The zero-order chi connectivity index (χ0) is 29.1. The number of carbonyl (C=O) groups excluding carboxylic acids is 2. The summed E-state index contributed by atoms with van der Waals surface area (Å²) in [5.41, 5.74) is 3.07. The van der Waals surface area contributed by atoms with Gasteiger partial charge in [0.1, 0.15) is 12.6 Å². The fourth-order valence-electron chi connectivity index (χ4n) is 4.40. The van der Waals surface area contributed by atoms with E-state index in [9.17, 15) is 18.0 Å². The predicted molar refractivity (Wildman–Crippen MR) is 162 cm³/mol. The second-order valence-corrected chi connectivity index (χ2v) is 12.1. The summed E-state index contributed by atoms with van der Waals surface area (Å²) in [5, 5.41) is 3.48. The van der Waals surface area contributed by atoms with E-state index in [1.807, 2.05) is 62.4 Å². The summed E-state index contributed by atoms with van der Waals surface area (Å²) >= 11 is 6.24. The average Bonchev–Trinajstić information content (AvgIpc) is 2.93. The molecule has 1 unspecified atom stereocenters. The first kappa shape index (κ1) is 31.2. The normalized spacial score (nSPS) is 12.0. The number of unbranched alkanes of at least 4 members (excludes halogenated alkanes) is 1. The summed E-state index contributed by atoms with van der Waals surface area (Å²) in [6.45, 7) is 4.18. The number of anilines is 1. The van der Waals surface area contributed by atoms with Crippen molar-refractivity contribution in [3.05, 3.63) is 101 Å². The zero-order valence-electron chi connectivity index (χ0n) is 23.3. The van der Waals surface area contributed by atoms with Crippen molar-refractivity contribution in [1.29, 1.82) is 0 Å². The first-order valence-corrected chi connectivity index (χ1v) is 15.8. The van der Waals surface area contributed by atoms with Crippen molar-refractivity contribution in [3.8, 4) is 0 Å². The molecule has 7 nitrogen and oxygen atoms in total. The molecule has 3 aromatic carbocycles. The number of rotatable bonds is 14. The second-order valence-electron chi connectivity index (χ2n) is 9.79. The first-order valence-electron chi connectivity index (χ1n) is 13.5. The van der Waals surface area contributed by atoms with Crippen LogP contribution < -0.4 is 9.62 Å². The Bertz CT molecular complexity index is 1360. The van der Waals surface area contributed by atoms with Crippen LogP contribution in [0.25, 0.3) is 0 Å². The highest BCUT2D eigenvalue weighted by Gasteiger charge is 2.33. The molecule has 2 amide bonds. The Morgan fingerprint density at radius 1 is 0.900 bits per heavy atom. The molecule has 0 heterocycles. The van der Waals surface area contributed by atoms with Crippen LogP contribution in [0.4, 0.5) is 5.69 Å². The number of hydrogen-bond acceptors (Lipinski definition) is 4.